The zero-order valence-electron chi connectivity index (χ0n) is 17.5. The number of esters is 1. The van der Waals surface area contributed by atoms with E-state index in [0.717, 1.165) is 14.4 Å². The van der Waals surface area contributed by atoms with Gasteiger partial charge < -0.3 is 10.1 Å². The van der Waals surface area contributed by atoms with E-state index in [2.05, 4.69) is 53.6 Å². The summed E-state index contributed by atoms with van der Waals surface area (Å²) in [7, 11) is 1.32. The fourth-order valence-electron chi connectivity index (χ4n) is 2.62. The summed E-state index contributed by atoms with van der Waals surface area (Å²) < 4.78 is 6.32. The SMILES string of the molecule is COC(=O)c1cccc(NC(=O)CSc2nnc(SCc3ccc(C(C)C)cc3)s2)c1. The quantitative estimate of drug-likeness (QED) is 0.326. The number of hydrogen-bond acceptors (Lipinski definition) is 8. The lowest BCUT2D eigenvalue weighted by atomic mass is 10.0. The van der Waals surface area contributed by atoms with Crippen LogP contribution in [0.4, 0.5) is 5.69 Å². The molecule has 1 N–H and O–H groups in total. The maximum Gasteiger partial charge on any atom is 0.337 e. The van der Waals surface area contributed by atoms with Crippen LogP contribution in [0.25, 0.3) is 0 Å². The number of rotatable bonds is 9. The maximum atomic E-state index is 12.2. The molecule has 9 heteroatoms. The van der Waals surface area contributed by atoms with E-state index in [1.165, 1.54) is 41.3 Å². The van der Waals surface area contributed by atoms with Crippen LogP contribution in [-0.4, -0.2) is 34.9 Å². The highest BCUT2D eigenvalue weighted by Gasteiger charge is 2.11. The first-order chi connectivity index (χ1) is 14.9. The van der Waals surface area contributed by atoms with Crippen LogP contribution in [0.5, 0.6) is 0 Å². The average Bonchev–Trinajstić information content (AvgIpc) is 3.24. The lowest BCUT2D eigenvalue weighted by Gasteiger charge is -2.06. The third-order valence-corrected chi connectivity index (χ3v) is 7.55. The lowest BCUT2D eigenvalue weighted by Crippen LogP contribution is -2.14. The molecule has 3 rings (SSSR count). The minimum absolute atomic E-state index is 0.179. The number of nitrogens with one attached hydrogen (secondary N) is 1. The highest BCUT2D eigenvalue weighted by atomic mass is 32.2. The number of carbonyl (C=O) groups excluding carboxylic acids is 2. The Kier molecular flexibility index (Phi) is 8.51. The molecule has 0 aliphatic rings. The van der Waals surface area contributed by atoms with Crippen LogP contribution in [0.15, 0.2) is 57.2 Å². The monoisotopic (exact) mass is 473 g/mol. The molecule has 0 radical (unpaired) electrons. The van der Waals surface area contributed by atoms with E-state index in [-0.39, 0.29) is 11.7 Å². The van der Waals surface area contributed by atoms with Crippen molar-refractivity contribution in [2.75, 3.05) is 18.2 Å². The van der Waals surface area contributed by atoms with Crippen molar-refractivity contribution in [1.82, 2.24) is 10.2 Å². The molecule has 162 valence electrons. The number of aromatic nitrogens is 2. The minimum Gasteiger partial charge on any atom is -0.465 e. The second kappa shape index (κ2) is 11.3. The molecule has 2 aromatic carbocycles. The van der Waals surface area contributed by atoms with Gasteiger partial charge in [0.15, 0.2) is 8.68 Å². The first-order valence-electron chi connectivity index (χ1n) is 9.60. The van der Waals surface area contributed by atoms with Crippen LogP contribution in [0.3, 0.4) is 0 Å². The Bertz CT molecular complexity index is 1040. The van der Waals surface area contributed by atoms with E-state index < -0.39 is 5.97 Å². The van der Waals surface area contributed by atoms with Gasteiger partial charge in [0, 0.05) is 11.4 Å². The van der Waals surface area contributed by atoms with Gasteiger partial charge in [0.05, 0.1) is 18.4 Å². The van der Waals surface area contributed by atoms with Crippen molar-refractivity contribution in [3.8, 4) is 0 Å². The van der Waals surface area contributed by atoms with Crippen LogP contribution < -0.4 is 5.32 Å². The van der Waals surface area contributed by atoms with Gasteiger partial charge in [-0.15, -0.1) is 10.2 Å². The van der Waals surface area contributed by atoms with E-state index in [1.54, 1.807) is 36.0 Å². The summed E-state index contributed by atoms with van der Waals surface area (Å²) in [6.07, 6.45) is 0. The van der Waals surface area contributed by atoms with Gasteiger partial charge in [-0.3, -0.25) is 4.79 Å². The standard InChI is InChI=1S/C22H23N3O3S3/c1-14(2)16-9-7-15(8-10-16)12-29-21-24-25-22(31-21)30-13-19(26)23-18-6-4-5-17(11-18)20(27)28-3/h4-11,14H,12-13H2,1-3H3,(H,23,26). The van der Waals surface area contributed by atoms with Gasteiger partial charge in [-0.1, -0.05) is 79.0 Å². The topological polar surface area (TPSA) is 81.2 Å². The van der Waals surface area contributed by atoms with Crippen LogP contribution in [0.2, 0.25) is 0 Å². The van der Waals surface area contributed by atoms with Crippen molar-refractivity contribution >= 4 is 52.4 Å². The van der Waals surface area contributed by atoms with E-state index in [1.807, 2.05) is 0 Å². The number of hydrogen-bond donors (Lipinski definition) is 1. The highest BCUT2D eigenvalue weighted by Crippen LogP contribution is 2.31. The molecule has 1 amide bonds. The molecule has 0 saturated heterocycles. The Morgan fingerprint density at radius 3 is 2.45 bits per heavy atom. The van der Waals surface area contributed by atoms with E-state index >= 15 is 0 Å². The molecular weight excluding hydrogens is 450 g/mol. The Balaban J connectivity index is 1.46. The first-order valence-corrected chi connectivity index (χ1v) is 12.4. The molecule has 0 bridgehead atoms. The van der Waals surface area contributed by atoms with E-state index in [9.17, 15) is 9.59 Å². The lowest BCUT2D eigenvalue weighted by molar-refractivity contribution is -0.113. The summed E-state index contributed by atoms with van der Waals surface area (Å²) in [6.45, 7) is 4.37. The second-order valence-electron chi connectivity index (χ2n) is 6.93. The molecule has 0 fully saturated rings. The Morgan fingerprint density at radius 2 is 1.77 bits per heavy atom. The molecule has 0 spiro atoms. The van der Waals surface area contributed by atoms with Crippen LogP contribution >= 0.6 is 34.9 Å². The molecular formula is C22H23N3O3S3. The normalized spacial score (nSPS) is 10.8. The van der Waals surface area contributed by atoms with Gasteiger partial charge >= 0.3 is 5.97 Å². The van der Waals surface area contributed by atoms with Gasteiger partial charge in [0.2, 0.25) is 5.91 Å². The molecule has 0 aliphatic heterocycles. The van der Waals surface area contributed by atoms with Crippen molar-refractivity contribution in [2.45, 2.75) is 34.2 Å². The number of anilines is 1. The number of nitrogens with zero attached hydrogens (tertiary/aromatic N) is 2. The predicted octanol–water partition coefficient (Wildman–Crippen LogP) is 5.47. The fourth-order valence-corrected chi connectivity index (χ4v) is 5.40. The third-order valence-electron chi connectivity index (χ3n) is 4.29. The van der Waals surface area contributed by atoms with Crippen molar-refractivity contribution in [2.24, 2.45) is 0 Å². The number of benzene rings is 2. The van der Waals surface area contributed by atoms with Crippen molar-refractivity contribution in [1.29, 1.82) is 0 Å². The largest absolute Gasteiger partial charge is 0.465 e. The molecule has 31 heavy (non-hydrogen) atoms. The smallest absolute Gasteiger partial charge is 0.337 e. The molecule has 3 aromatic rings. The molecule has 1 aromatic heterocycles. The predicted molar refractivity (Wildman–Crippen MR) is 127 cm³/mol. The van der Waals surface area contributed by atoms with Gasteiger partial charge in [-0.05, 0) is 35.2 Å². The van der Waals surface area contributed by atoms with Crippen molar-refractivity contribution in [3.05, 3.63) is 65.2 Å². The summed E-state index contributed by atoms with van der Waals surface area (Å²) in [6, 6.07) is 15.3. The summed E-state index contributed by atoms with van der Waals surface area (Å²) in [5.41, 5.74) is 3.51. The summed E-state index contributed by atoms with van der Waals surface area (Å²) in [5.74, 6) is 0.938. The zero-order valence-corrected chi connectivity index (χ0v) is 19.9. The summed E-state index contributed by atoms with van der Waals surface area (Å²) in [4.78, 5) is 23.8. The first kappa shape index (κ1) is 23.3. The average molecular weight is 474 g/mol. The van der Waals surface area contributed by atoms with Gasteiger partial charge in [-0.25, -0.2) is 4.79 Å². The number of ether oxygens (including phenoxy) is 1. The van der Waals surface area contributed by atoms with Gasteiger partial charge in [0.1, 0.15) is 0 Å². The molecule has 0 atom stereocenters. The Morgan fingerprint density at radius 1 is 1.06 bits per heavy atom. The Hall–Kier alpha value is -2.36. The number of methoxy groups -OCH3 is 1. The van der Waals surface area contributed by atoms with Gasteiger partial charge in [0.25, 0.3) is 0 Å². The highest BCUT2D eigenvalue weighted by molar-refractivity contribution is 8.03. The number of thioether (sulfide) groups is 2. The molecule has 0 saturated carbocycles. The molecule has 0 aliphatic carbocycles. The minimum atomic E-state index is -0.444. The number of carbonyl (C=O) groups is 2. The Labute approximate surface area is 194 Å². The van der Waals surface area contributed by atoms with E-state index in [4.69, 9.17) is 4.74 Å². The molecule has 6 nitrogen and oxygen atoms in total. The third kappa shape index (κ3) is 7.09. The molecule has 1 heterocycles. The van der Waals surface area contributed by atoms with Crippen LogP contribution in [-0.2, 0) is 15.3 Å². The maximum absolute atomic E-state index is 12.2. The van der Waals surface area contributed by atoms with Crippen molar-refractivity contribution in [3.63, 3.8) is 0 Å². The van der Waals surface area contributed by atoms with Crippen molar-refractivity contribution < 1.29 is 14.3 Å². The van der Waals surface area contributed by atoms with E-state index in [0.29, 0.717) is 17.2 Å². The van der Waals surface area contributed by atoms with Gasteiger partial charge in [-0.2, -0.15) is 0 Å². The summed E-state index contributed by atoms with van der Waals surface area (Å²) in [5, 5.41) is 11.2. The van der Waals surface area contributed by atoms with Crippen LogP contribution in [0.1, 0.15) is 41.3 Å². The second-order valence-corrected chi connectivity index (χ2v) is 10.4. The zero-order chi connectivity index (χ0) is 22.2. The fraction of sp³-hybridized carbons (Fsp3) is 0.273. The molecule has 0 unspecified atom stereocenters. The summed E-state index contributed by atoms with van der Waals surface area (Å²) >= 11 is 4.46. The number of amides is 1. The van der Waals surface area contributed by atoms with Crippen LogP contribution in [0, 0.1) is 0 Å².